The van der Waals surface area contributed by atoms with Gasteiger partial charge in [-0.15, -0.1) is 0 Å². The molecule has 2 aromatic heterocycles. The maximum Gasteiger partial charge on any atom is 0.340 e. The molecule has 3 N–H and O–H groups in total. The molecule has 4 aromatic rings. The number of aromatic hydroxyl groups is 1. The number of nitrogens with one attached hydrogen (secondary N) is 2. The average molecular weight is 376 g/mol. The summed E-state index contributed by atoms with van der Waals surface area (Å²) < 4.78 is 5.27. The summed E-state index contributed by atoms with van der Waals surface area (Å²) in [7, 11) is 0. The van der Waals surface area contributed by atoms with E-state index in [2.05, 4.69) is 10.3 Å². The molecule has 4 rings (SSSR count). The predicted octanol–water partition coefficient (Wildman–Crippen LogP) is 3.19. The number of H-pyrrole nitrogens is 1. The third kappa shape index (κ3) is 3.36. The van der Waals surface area contributed by atoms with Crippen LogP contribution in [-0.2, 0) is 17.6 Å². The zero-order chi connectivity index (χ0) is 19.7. The lowest BCUT2D eigenvalue weighted by atomic mass is 10.0. The minimum atomic E-state index is -0.553. The van der Waals surface area contributed by atoms with Crippen molar-refractivity contribution >= 4 is 27.8 Å². The molecule has 0 spiro atoms. The van der Waals surface area contributed by atoms with Crippen LogP contribution in [0, 0.1) is 6.92 Å². The number of para-hydroxylation sites is 1. The van der Waals surface area contributed by atoms with Crippen LogP contribution in [0.1, 0.15) is 16.7 Å². The van der Waals surface area contributed by atoms with Crippen LogP contribution < -0.4 is 10.9 Å². The first kappa shape index (κ1) is 17.9. The van der Waals surface area contributed by atoms with Gasteiger partial charge in [-0.1, -0.05) is 18.2 Å². The number of hydrogen-bond acceptors (Lipinski definition) is 4. The Labute approximate surface area is 160 Å². The highest BCUT2D eigenvalue weighted by molar-refractivity contribution is 5.85. The summed E-state index contributed by atoms with van der Waals surface area (Å²) in [6.07, 6.45) is 2.60. The number of fused-ring (bicyclic) bond motifs is 2. The van der Waals surface area contributed by atoms with E-state index in [1.807, 2.05) is 30.5 Å². The molecule has 0 aliphatic heterocycles. The Morgan fingerprint density at radius 3 is 2.86 bits per heavy atom. The summed E-state index contributed by atoms with van der Waals surface area (Å²) in [6, 6.07) is 12.6. The first-order valence-corrected chi connectivity index (χ1v) is 9.10. The highest BCUT2D eigenvalue weighted by Gasteiger charge is 2.15. The van der Waals surface area contributed by atoms with Gasteiger partial charge in [0.15, 0.2) is 0 Å². The molecule has 2 heterocycles. The Morgan fingerprint density at radius 1 is 1.18 bits per heavy atom. The summed E-state index contributed by atoms with van der Waals surface area (Å²) in [5.74, 6) is -0.203. The van der Waals surface area contributed by atoms with E-state index < -0.39 is 5.63 Å². The van der Waals surface area contributed by atoms with E-state index in [9.17, 15) is 14.7 Å². The summed E-state index contributed by atoms with van der Waals surface area (Å²) in [5.41, 5.74) is 2.99. The van der Waals surface area contributed by atoms with Crippen LogP contribution in [0.25, 0.3) is 21.9 Å². The third-order valence-electron chi connectivity index (χ3n) is 5.00. The van der Waals surface area contributed by atoms with E-state index in [1.165, 1.54) is 12.1 Å². The molecule has 2 aromatic carbocycles. The minimum absolute atomic E-state index is 0.0258. The molecule has 0 radical (unpaired) electrons. The van der Waals surface area contributed by atoms with Gasteiger partial charge < -0.3 is 19.8 Å². The zero-order valence-corrected chi connectivity index (χ0v) is 15.4. The summed E-state index contributed by atoms with van der Waals surface area (Å²) in [6.45, 7) is 2.26. The second kappa shape index (κ2) is 7.23. The van der Waals surface area contributed by atoms with Crippen LogP contribution in [0.3, 0.4) is 0 Å². The monoisotopic (exact) mass is 376 g/mol. The topological polar surface area (TPSA) is 95.3 Å². The number of benzene rings is 2. The number of phenols is 1. The smallest absolute Gasteiger partial charge is 0.340 e. The van der Waals surface area contributed by atoms with Crippen molar-refractivity contribution in [1.82, 2.24) is 10.3 Å². The molecular formula is C22H20N2O4. The Hall–Kier alpha value is -3.54. The fraction of sp³-hybridized carbons (Fsp3) is 0.182. The first-order chi connectivity index (χ1) is 13.5. The lowest BCUT2D eigenvalue weighted by Gasteiger charge is -2.09. The molecule has 0 unspecified atom stereocenters. The largest absolute Gasteiger partial charge is 0.508 e. The van der Waals surface area contributed by atoms with Crippen LogP contribution in [0.15, 0.2) is 57.9 Å². The Morgan fingerprint density at radius 2 is 2.00 bits per heavy atom. The summed E-state index contributed by atoms with van der Waals surface area (Å²) in [4.78, 5) is 27.9. The lowest BCUT2D eigenvalue weighted by Crippen LogP contribution is -2.29. The molecule has 28 heavy (non-hydrogen) atoms. The van der Waals surface area contributed by atoms with Gasteiger partial charge in [-0.3, -0.25) is 4.79 Å². The van der Waals surface area contributed by atoms with Crippen molar-refractivity contribution in [2.45, 2.75) is 19.8 Å². The highest BCUT2D eigenvalue weighted by atomic mass is 16.4. The van der Waals surface area contributed by atoms with E-state index in [0.29, 0.717) is 35.1 Å². The number of carbonyl (C=O) groups is 1. The van der Waals surface area contributed by atoms with Gasteiger partial charge in [0, 0.05) is 35.1 Å². The van der Waals surface area contributed by atoms with Crippen molar-refractivity contribution in [1.29, 1.82) is 0 Å². The van der Waals surface area contributed by atoms with Gasteiger partial charge in [0.05, 0.1) is 12.0 Å². The van der Waals surface area contributed by atoms with Gasteiger partial charge >= 0.3 is 5.63 Å². The van der Waals surface area contributed by atoms with Crippen LogP contribution in [0.2, 0.25) is 0 Å². The maximum absolute atomic E-state index is 12.4. The molecular weight excluding hydrogens is 356 g/mol. The number of phenolic OH excluding ortho intramolecular Hbond substituents is 1. The molecule has 0 saturated carbocycles. The minimum Gasteiger partial charge on any atom is -0.508 e. The number of aromatic amines is 1. The van der Waals surface area contributed by atoms with Gasteiger partial charge in [-0.25, -0.2) is 4.79 Å². The van der Waals surface area contributed by atoms with Crippen molar-refractivity contribution in [3.8, 4) is 5.75 Å². The van der Waals surface area contributed by atoms with E-state index >= 15 is 0 Å². The molecule has 6 heteroatoms. The highest BCUT2D eigenvalue weighted by Crippen LogP contribution is 2.23. The number of carbonyl (C=O) groups excluding carboxylic acids is 1. The Kier molecular flexibility index (Phi) is 4.61. The standard InChI is InChI=1S/C22H20N2O4/c1-13-16-7-6-15(25)10-20(16)28-22(27)18(13)11-21(26)23-9-8-14-12-24-19-5-3-2-4-17(14)19/h2-7,10,12,24-25H,8-9,11H2,1H3,(H,23,26). The second-order valence-electron chi connectivity index (χ2n) is 6.81. The van der Waals surface area contributed by atoms with E-state index in [0.717, 1.165) is 16.5 Å². The molecule has 0 fully saturated rings. The number of aryl methyl sites for hydroxylation is 1. The van der Waals surface area contributed by atoms with Gasteiger partial charge in [0.1, 0.15) is 11.3 Å². The summed E-state index contributed by atoms with van der Waals surface area (Å²) >= 11 is 0. The molecule has 0 bridgehead atoms. The normalized spacial score (nSPS) is 11.2. The quantitative estimate of drug-likeness (QED) is 0.466. The predicted molar refractivity (Wildman–Crippen MR) is 108 cm³/mol. The fourth-order valence-electron chi connectivity index (χ4n) is 3.49. The zero-order valence-electron chi connectivity index (χ0n) is 15.4. The molecule has 0 aliphatic carbocycles. The van der Waals surface area contributed by atoms with E-state index in [-0.39, 0.29) is 18.1 Å². The Bertz CT molecular complexity index is 1240. The number of rotatable bonds is 5. The van der Waals surface area contributed by atoms with Crippen molar-refractivity contribution in [3.05, 3.63) is 75.8 Å². The lowest BCUT2D eigenvalue weighted by molar-refractivity contribution is -0.120. The van der Waals surface area contributed by atoms with Crippen molar-refractivity contribution in [3.63, 3.8) is 0 Å². The van der Waals surface area contributed by atoms with Gasteiger partial charge in [0.2, 0.25) is 5.91 Å². The van der Waals surface area contributed by atoms with E-state index in [1.54, 1.807) is 13.0 Å². The molecule has 0 aliphatic rings. The molecule has 0 atom stereocenters. The third-order valence-corrected chi connectivity index (χ3v) is 5.00. The van der Waals surface area contributed by atoms with Gasteiger partial charge in [-0.2, -0.15) is 0 Å². The van der Waals surface area contributed by atoms with Gasteiger partial charge in [-0.05, 0) is 42.7 Å². The molecule has 0 saturated heterocycles. The van der Waals surface area contributed by atoms with Crippen molar-refractivity contribution in [2.24, 2.45) is 0 Å². The van der Waals surface area contributed by atoms with Crippen molar-refractivity contribution in [2.75, 3.05) is 6.54 Å². The second-order valence-corrected chi connectivity index (χ2v) is 6.81. The van der Waals surface area contributed by atoms with Crippen LogP contribution in [0.5, 0.6) is 5.75 Å². The number of aromatic nitrogens is 1. The number of hydrogen-bond donors (Lipinski definition) is 3. The molecule has 1 amide bonds. The van der Waals surface area contributed by atoms with E-state index in [4.69, 9.17) is 4.42 Å². The number of amides is 1. The first-order valence-electron chi connectivity index (χ1n) is 9.10. The molecule has 6 nitrogen and oxygen atoms in total. The van der Waals surface area contributed by atoms with Crippen LogP contribution >= 0.6 is 0 Å². The average Bonchev–Trinajstić information content (AvgIpc) is 3.08. The Balaban J connectivity index is 1.45. The van der Waals surface area contributed by atoms with Crippen LogP contribution in [0.4, 0.5) is 0 Å². The fourth-order valence-corrected chi connectivity index (χ4v) is 3.49. The van der Waals surface area contributed by atoms with Crippen LogP contribution in [-0.4, -0.2) is 22.5 Å². The summed E-state index contributed by atoms with van der Waals surface area (Å²) in [5, 5.41) is 14.3. The SMILES string of the molecule is Cc1c(CC(=O)NCCc2c[nH]c3ccccc23)c(=O)oc2cc(O)ccc12. The molecule has 142 valence electrons. The van der Waals surface area contributed by atoms with Gasteiger partial charge in [0.25, 0.3) is 0 Å². The maximum atomic E-state index is 12.4. The van der Waals surface area contributed by atoms with Crippen molar-refractivity contribution < 1.29 is 14.3 Å².